The van der Waals surface area contributed by atoms with E-state index < -0.39 is 5.43 Å². The molecule has 0 spiro atoms. The molecule has 22 heavy (non-hydrogen) atoms. The van der Waals surface area contributed by atoms with Gasteiger partial charge in [0.1, 0.15) is 0 Å². The van der Waals surface area contributed by atoms with Crippen LogP contribution in [0.2, 0.25) is 0 Å². The van der Waals surface area contributed by atoms with Crippen LogP contribution in [0.4, 0.5) is 5.69 Å². The van der Waals surface area contributed by atoms with E-state index in [-0.39, 0.29) is 11.7 Å². The van der Waals surface area contributed by atoms with Gasteiger partial charge >= 0.3 is 0 Å². The number of rotatable bonds is 6. The maximum Gasteiger partial charge on any atom is 0.249 e. The van der Waals surface area contributed by atoms with E-state index >= 15 is 0 Å². The Bertz CT molecular complexity index is 682. The molecule has 0 aromatic heterocycles. The zero-order valence-electron chi connectivity index (χ0n) is 12.3. The maximum atomic E-state index is 11.7. The third kappa shape index (κ3) is 3.26. The fourth-order valence-corrected chi connectivity index (χ4v) is 2.62. The molecule has 0 atom stereocenters. The molecule has 1 fully saturated rings. The molecule has 2 aromatic rings. The van der Waals surface area contributed by atoms with Crippen LogP contribution in [-0.2, 0) is 22.4 Å². The van der Waals surface area contributed by atoms with Crippen molar-refractivity contribution in [3.63, 3.8) is 0 Å². The summed E-state index contributed by atoms with van der Waals surface area (Å²) < 4.78 is 10.9. The Balaban J connectivity index is 1.59. The smallest absolute Gasteiger partial charge is 0.249 e. The second-order valence-corrected chi connectivity index (χ2v) is 5.41. The van der Waals surface area contributed by atoms with Crippen LogP contribution in [0.5, 0.6) is 0 Å². The van der Waals surface area contributed by atoms with Crippen LogP contribution in [0, 0.1) is 0 Å². The van der Waals surface area contributed by atoms with E-state index in [1.807, 2.05) is 30.3 Å². The first kappa shape index (κ1) is 14.9. The number of anilines is 1. The van der Waals surface area contributed by atoms with Gasteiger partial charge in [-0.15, -0.1) is 0 Å². The van der Waals surface area contributed by atoms with Crippen molar-refractivity contribution in [3.05, 3.63) is 61.9 Å². The van der Waals surface area contributed by atoms with Crippen molar-refractivity contribution in [2.75, 3.05) is 18.5 Å². The Labute approximate surface area is 128 Å². The lowest BCUT2D eigenvalue weighted by Crippen LogP contribution is -2.39. The molecule has 116 valence electrons. The SMILES string of the molecule is O=c1c(CCC2OCCCO2)c(NCc2ccccc2)c1=O. The topological polar surface area (TPSA) is 64.6 Å². The van der Waals surface area contributed by atoms with Crippen LogP contribution in [0.15, 0.2) is 39.9 Å². The Morgan fingerprint density at radius 3 is 2.50 bits per heavy atom. The zero-order valence-corrected chi connectivity index (χ0v) is 12.3. The largest absolute Gasteiger partial charge is 0.377 e. The van der Waals surface area contributed by atoms with Crippen LogP contribution in [0.3, 0.4) is 0 Å². The van der Waals surface area contributed by atoms with Gasteiger partial charge in [0.15, 0.2) is 6.29 Å². The summed E-state index contributed by atoms with van der Waals surface area (Å²) in [6.07, 6.45) is 1.75. The first-order chi connectivity index (χ1) is 10.8. The molecule has 3 rings (SSSR count). The average molecular weight is 301 g/mol. The Kier molecular flexibility index (Phi) is 4.65. The molecule has 1 saturated heterocycles. The van der Waals surface area contributed by atoms with Crippen molar-refractivity contribution >= 4 is 5.69 Å². The molecule has 1 heterocycles. The number of ether oxygens (including phenoxy) is 2. The lowest BCUT2D eigenvalue weighted by Gasteiger charge is -2.23. The third-order valence-electron chi connectivity index (χ3n) is 3.85. The standard InChI is InChI=1S/C17H19NO4/c19-16-13(7-8-14-21-9-4-10-22-14)15(17(16)20)18-11-12-5-2-1-3-6-12/h1-3,5-6,14,18H,4,7-11H2. The van der Waals surface area contributed by atoms with Crippen LogP contribution in [0.1, 0.15) is 24.0 Å². The minimum absolute atomic E-state index is 0.264. The lowest BCUT2D eigenvalue weighted by atomic mass is 10.0. The van der Waals surface area contributed by atoms with Crippen molar-refractivity contribution < 1.29 is 9.47 Å². The number of hydrogen-bond acceptors (Lipinski definition) is 5. The highest BCUT2D eigenvalue weighted by molar-refractivity contribution is 5.56. The van der Waals surface area contributed by atoms with Crippen molar-refractivity contribution in [3.8, 4) is 0 Å². The van der Waals surface area contributed by atoms with Crippen LogP contribution < -0.4 is 16.2 Å². The van der Waals surface area contributed by atoms with Gasteiger partial charge < -0.3 is 14.8 Å². The minimum Gasteiger partial charge on any atom is -0.377 e. The Hall–Kier alpha value is -1.98. The van der Waals surface area contributed by atoms with Gasteiger partial charge in [0, 0.05) is 18.5 Å². The number of benzene rings is 1. The van der Waals surface area contributed by atoms with Gasteiger partial charge in [-0.3, -0.25) is 9.59 Å². The summed E-state index contributed by atoms with van der Waals surface area (Å²) in [5, 5.41) is 3.08. The predicted molar refractivity (Wildman–Crippen MR) is 83.8 cm³/mol. The second kappa shape index (κ2) is 6.85. The second-order valence-electron chi connectivity index (χ2n) is 5.41. The molecule has 1 aliphatic heterocycles. The first-order valence-electron chi connectivity index (χ1n) is 7.59. The molecule has 1 N–H and O–H groups in total. The van der Waals surface area contributed by atoms with E-state index in [1.165, 1.54) is 0 Å². The van der Waals surface area contributed by atoms with Crippen molar-refractivity contribution in [1.82, 2.24) is 0 Å². The van der Waals surface area contributed by atoms with Gasteiger partial charge in [0.2, 0.25) is 10.9 Å². The Morgan fingerprint density at radius 2 is 1.77 bits per heavy atom. The van der Waals surface area contributed by atoms with Crippen LogP contribution in [0.25, 0.3) is 0 Å². The van der Waals surface area contributed by atoms with Gasteiger partial charge in [0.25, 0.3) is 0 Å². The van der Waals surface area contributed by atoms with Crippen molar-refractivity contribution in [2.45, 2.75) is 32.1 Å². The van der Waals surface area contributed by atoms with Gasteiger partial charge in [-0.25, -0.2) is 0 Å². The fraction of sp³-hybridized carbons (Fsp3) is 0.412. The summed E-state index contributed by atoms with van der Waals surface area (Å²) in [7, 11) is 0. The molecule has 2 aromatic carbocycles. The summed E-state index contributed by atoms with van der Waals surface area (Å²) in [5.41, 5.74) is 1.28. The van der Waals surface area contributed by atoms with Crippen molar-refractivity contribution in [2.24, 2.45) is 0 Å². The highest BCUT2D eigenvalue weighted by Crippen LogP contribution is 2.16. The first-order valence-corrected chi connectivity index (χ1v) is 7.59. The summed E-state index contributed by atoms with van der Waals surface area (Å²) in [5.74, 6) is 0. The van der Waals surface area contributed by atoms with E-state index in [2.05, 4.69) is 5.32 Å². The summed E-state index contributed by atoms with van der Waals surface area (Å²) in [4.78, 5) is 23.4. The summed E-state index contributed by atoms with van der Waals surface area (Å²) >= 11 is 0. The molecule has 0 aliphatic carbocycles. The molecule has 0 amide bonds. The highest BCUT2D eigenvalue weighted by atomic mass is 16.7. The number of hydrogen-bond donors (Lipinski definition) is 1. The highest BCUT2D eigenvalue weighted by Gasteiger charge is 2.22. The summed E-state index contributed by atoms with van der Waals surface area (Å²) in [6.45, 7) is 1.92. The molecule has 0 unspecified atom stereocenters. The van der Waals surface area contributed by atoms with Crippen LogP contribution in [-0.4, -0.2) is 19.5 Å². The van der Waals surface area contributed by atoms with E-state index in [0.717, 1.165) is 12.0 Å². The third-order valence-corrected chi connectivity index (χ3v) is 3.85. The number of nitrogens with one attached hydrogen (secondary N) is 1. The lowest BCUT2D eigenvalue weighted by molar-refractivity contribution is -0.180. The molecule has 0 saturated carbocycles. The normalized spacial score (nSPS) is 16.0. The maximum absolute atomic E-state index is 11.7. The summed E-state index contributed by atoms with van der Waals surface area (Å²) in [6, 6.07) is 9.77. The predicted octanol–water partition coefficient (Wildman–Crippen LogP) is 1.59. The molecule has 0 bridgehead atoms. The average Bonchev–Trinajstić information content (AvgIpc) is 2.58. The van der Waals surface area contributed by atoms with E-state index in [4.69, 9.17) is 9.47 Å². The van der Waals surface area contributed by atoms with E-state index in [9.17, 15) is 9.59 Å². The van der Waals surface area contributed by atoms with Gasteiger partial charge in [-0.05, 0) is 18.4 Å². The van der Waals surface area contributed by atoms with Crippen molar-refractivity contribution in [1.29, 1.82) is 0 Å². The molecule has 1 aliphatic rings. The molecule has 5 nitrogen and oxygen atoms in total. The molecule has 5 heteroatoms. The molecule has 0 radical (unpaired) electrons. The van der Waals surface area contributed by atoms with Gasteiger partial charge in [0.05, 0.1) is 18.9 Å². The van der Waals surface area contributed by atoms with Gasteiger partial charge in [-0.2, -0.15) is 0 Å². The van der Waals surface area contributed by atoms with E-state index in [0.29, 0.717) is 43.9 Å². The Morgan fingerprint density at radius 1 is 1.05 bits per heavy atom. The zero-order chi connectivity index (χ0) is 15.4. The molecular formula is C17H19NO4. The monoisotopic (exact) mass is 301 g/mol. The van der Waals surface area contributed by atoms with Gasteiger partial charge in [-0.1, -0.05) is 30.3 Å². The van der Waals surface area contributed by atoms with Crippen LogP contribution >= 0.6 is 0 Å². The fourth-order valence-electron chi connectivity index (χ4n) is 2.62. The quantitative estimate of drug-likeness (QED) is 0.821. The van der Waals surface area contributed by atoms with E-state index in [1.54, 1.807) is 0 Å². The molecular weight excluding hydrogens is 282 g/mol. The minimum atomic E-state index is -0.420.